The van der Waals surface area contributed by atoms with Gasteiger partial charge in [-0.05, 0) is 44.2 Å². The van der Waals surface area contributed by atoms with Gasteiger partial charge < -0.3 is 10.6 Å². The Morgan fingerprint density at radius 1 is 0.960 bits per heavy atom. The van der Waals surface area contributed by atoms with Gasteiger partial charge in [0.05, 0.1) is 22.1 Å². The third-order valence-electron chi connectivity index (χ3n) is 3.26. The number of rotatable bonds is 5. The highest BCUT2D eigenvalue weighted by atomic mass is 35.5. The summed E-state index contributed by atoms with van der Waals surface area (Å²) < 4.78 is 0. The first-order chi connectivity index (χ1) is 12.0. The first-order valence-electron chi connectivity index (χ1n) is 7.80. The van der Waals surface area contributed by atoms with E-state index in [1.807, 2.05) is 38.1 Å². The monoisotopic (exact) mass is 373 g/mol. The smallest absolute Gasteiger partial charge is 0.225 e. The SMILES string of the molecule is CC(C)Nc1nc(Nc2cc(Cl)ccc2Cl)cc(-c2ccccn2)n1. The predicted octanol–water partition coefficient (Wildman–Crippen LogP) is 5.41. The van der Waals surface area contributed by atoms with E-state index < -0.39 is 0 Å². The van der Waals surface area contributed by atoms with Crippen LogP contribution in [0.1, 0.15) is 13.8 Å². The molecule has 2 aromatic heterocycles. The molecule has 0 atom stereocenters. The average molecular weight is 374 g/mol. The molecule has 0 spiro atoms. The Labute approximate surface area is 156 Å². The lowest BCUT2D eigenvalue weighted by Crippen LogP contribution is -2.13. The van der Waals surface area contributed by atoms with Crippen LogP contribution < -0.4 is 10.6 Å². The molecule has 0 amide bonds. The first kappa shape index (κ1) is 17.5. The van der Waals surface area contributed by atoms with Crippen LogP contribution in [0.15, 0.2) is 48.7 Å². The van der Waals surface area contributed by atoms with E-state index >= 15 is 0 Å². The summed E-state index contributed by atoms with van der Waals surface area (Å²) in [6.07, 6.45) is 1.73. The van der Waals surface area contributed by atoms with E-state index in [2.05, 4.69) is 25.6 Å². The summed E-state index contributed by atoms with van der Waals surface area (Å²) in [6.45, 7) is 4.05. The molecule has 25 heavy (non-hydrogen) atoms. The summed E-state index contributed by atoms with van der Waals surface area (Å²) in [5, 5.41) is 7.57. The van der Waals surface area contributed by atoms with Gasteiger partial charge in [0.25, 0.3) is 0 Å². The Bertz CT molecular complexity index is 869. The van der Waals surface area contributed by atoms with Crippen molar-refractivity contribution in [2.75, 3.05) is 10.6 Å². The van der Waals surface area contributed by atoms with Crippen molar-refractivity contribution in [1.29, 1.82) is 0 Å². The van der Waals surface area contributed by atoms with Gasteiger partial charge >= 0.3 is 0 Å². The lowest BCUT2D eigenvalue weighted by molar-refractivity contribution is 0.875. The van der Waals surface area contributed by atoms with Gasteiger partial charge in [0, 0.05) is 23.3 Å². The molecule has 0 saturated carbocycles. The Kier molecular flexibility index (Phi) is 5.36. The number of pyridine rings is 1. The van der Waals surface area contributed by atoms with Crippen molar-refractivity contribution < 1.29 is 0 Å². The van der Waals surface area contributed by atoms with Gasteiger partial charge in [-0.2, -0.15) is 4.98 Å². The molecule has 3 aromatic rings. The van der Waals surface area contributed by atoms with Crippen molar-refractivity contribution in [1.82, 2.24) is 15.0 Å². The highest BCUT2D eigenvalue weighted by molar-refractivity contribution is 6.35. The summed E-state index contributed by atoms with van der Waals surface area (Å²) >= 11 is 12.3. The number of halogens is 2. The second-order valence-corrected chi connectivity index (χ2v) is 6.57. The zero-order valence-corrected chi connectivity index (χ0v) is 15.3. The molecular weight excluding hydrogens is 357 g/mol. The number of nitrogens with one attached hydrogen (secondary N) is 2. The van der Waals surface area contributed by atoms with Crippen LogP contribution in [0, 0.1) is 0 Å². The third kappa shape index (κ3) is 4.59. The number of hydrogen-bond donors (Lipinski definition) is 2. The maximum absolute atomic E-state index is 6.23. The Hall–Kier alpha value is -2.37. The lowest BCUT2D eigenvalue weighted by atomic mass is 10.2. The van der Waals surface area contributed by atoms with Crippen LogP contribution in [0.2, 0.25) is 10.0 Å². The fourth-order valence-corrected chi connectivity index (χ4v) is 2.55. The topological polar surface area (TPSA) is 62.7 Å². The standard InChI is InChI=1S/C18H17Cl2N5/c1-11(2)22-18-24-16(14-5-3-4-8-21-14)10-17(25-18)23-15-9-12(19)6-7-13(15)20/h3-11H,1-2H3,(H2,22,23,24,25). The minimum absolute atomic E-state index is 0.196. The molecule has 0 aliphatic heterocycles. The molecule has 0 aliphatic carbocycles. The van der Waals surface area contributed by atoms with Crippen LogP contribution in [0.4, 0.5) is 17.5 Å². The predicted molar refractivity (Wildman–Crippen MR) is 104 cm³/mol. The van der Waals surface area contributed by atoms with Crippen molar-refractivity contribution in [2.24, 2.45) is 0 Å². The van der Waals surface area contributed by atoms with Crippen LogP contribution in [-0.4, -0.2) is 21.0 Å². The van der Waals surface area contributed by atoms with Crippen LogP contribution >= 0.6 is 23.2 Å². The molecule has 0 unspecified atom stereocenters. The van der Waals surface area contributed by atoms with E-state index in [4.69, 9.17) is 23.2 Å². The highest BCUT2D eigenvalue weighted by Gasteiger charge is 2.10. The minimum atomic E-state index is 0.196. The molecule has 0 fully saturated rings. The van der Waals surface area contributed by atoms with Crippen molar-refractivity contribution in [3.8, 4) is 11.4 Å². The minimum Gasteiger partial charge on any atom is -0.352 e. The van der Waals surface area contributed by atoms with Crippen molar-refractivity contribution in [2.45, 2.75) is 19.9 Å². The van der Waals surface area contributed by atoms with Crippen LogP contribution in [0.5, 0.6) is 0 Å². The molecule has 2 heterocycles. The van der Waals surface area contributed by atoms with Gasteiger partial charge in [-0.25, -0.2) is 4.98 Å². The largest absolute Gasteiger partial charge is 0.352 e. The second kappa shape index (κ2) is 7.68. The Morgan fingerprint density at radius 3 is 2.52 bits per heavy atom. The molecule has 3 rings (SSSR count). The number of benzene rings is 1. The van der Waals surface area contributed by atoms with E-state index in [-0.39, 0.29) is 6.04 Å². The lowest BCUT2D eigenvalue weighted by Gasteiger charge is -2.13. The van der Waals surface area contributed by atoms with E-state index in [1.165, 1.54) is 0 Å². The molecule has 0 bridgehead atoms. The Balaban J connectivity index is 2.01. The molecule has 1 aromatic carbocycles. The molecule has 128 valence electrons. The van der Waals surface area contributed by atoms with E-state index in [1.54, 1.807) is 24.4 Å². The maximum Gasteiger partial charge on any atom is 0.225 e. The number of hydrogen-bond acceptors (Lipinski definition) is 5. The number of anilines is 3. The molecule has 7 heteroatoms. The molecular formula is C18H17Cl2N5. The van der Waals surface area contributed by atoms with Crippen molar-refractivity contribution >= 4 is 40.7 Å². The normalized spacial score (nSPS) is 10.8. The summed E-state index contributed by atoms with van der Waals surface area (Å²) in [5.74, 6) is 1.11. The van der Waals surface area contributed by atoms with E-state index in [9.17, 15) is 0 Å². The average Bonchev–Trinajstić information content (AvgIpc) is 2.58. The summed E-state index contributed by atoms with van der Waals surface area (Å²) in [7, 11) is 0. The van der Waals surface area contributed by atoms with Crippen LogP contribution in [0.3, 0.4) is 0 Å². The molecule has 0 aliphatic rings. The summed E-state index contributed by atoms with van der Waals surface area (Å²) in [4.78, 5) is 13.4. The first-order valence-corrected chi connectivity index (χ1v) is 8.56. The second-order valence-electron chi connectivity index (χ2n) is 5.73. The molecule has 5 nitrogen and oxygen atoms in total. The fourth-order valence-electron chi connectivity index (χ4n) is 2.21. The van der Waals surface area contributed by atoms with Crippen LogP contribution in [-0.2, 0) is 0 Å². The van der Waals surface area contributed by atoms with Gasteiger partial charge in [0.1, 0.15) is 5.82 Å². The fraction of sp³-hybridized carbons (Fsp3) is 0.167. The van der Waals surface area contributed by atoms with Gasteiger partial charge in [-0.3, -0.25) is 4.98 Å². The van der Waals surface area contributed by atoms with Gasteiger partial charge in [-0.15, -0.1) is 0 Å². The van der Waals surface area contributed by atoms with Crippen molar-refractivity contribution in [3.63, 3.8) is 0 Å². The molecule has 0 radical (unpaired) electrons. The number of nitrogens with zero attached hydrogens (tertiary/aromatic N) is 3. The van der Waals surface area contributed by atoms with Gasteiger partial charge in [-0.1, -0.05) is 29.3 Å². The van der Waals surface area contributed by atoms with Gasteiger partial charge in [0.15, 0.2) is 0 Å². The molecule has 2 N–H and O–H groups in total. The maximum atomic E-state index is 6.23. The summed E-state index contributed by atoms with van der Waals surface area (Å²) in [6, 6.07) is 12.9. The zero-order valence-electron chi connectivity index (χ0n) is 13.8. The highest BCUT2D eigenvalue weighted by Crippen LogP contribution is 2.29. The number of aromatic nitrogens is 3. The quantitative estimate of drug-likeness (QED) is 0.625. The molecule has 0 saturated heterocycles. The van der Waals surface area contributed by atoms with E-state index in [0.717, 1.165) is 5.69 Å². The third-order valence-corrected chi connectivity index (χ3v) is 3.83. The summed E-state index contributed by atoms with van der Waals surface area (Å²) in [5.41, 5.74) is 2.15. The van der Waals surface area contributed by atoms with Gasteiger partial charge in [0.2, 0.25) is 5.95 Å². The van der Waals surface area contributed by atoms with Crippen LogP contribution in [0.25, 0.3) is 11.4 Å². The van der Waals surface area contributed by atoms with Crippen molar-refractivity contribution in [3.05, 3.63) is 58.7 Å². The zero-order chi connectivity index (χ0) is 17.8. The van der Waals surface area contributed by atoms with E-state index in [0.29, 0.717) is 33.2 Å². The Morgan fingerprint density at radius 2 is 1.80 bits per heavy atom.